The second-order valence-corrected chi connectivity index (χ2v) is 5.57. The van der Waals surface area contributed by atoms with E-state index in [9.17, 15) is 4.79 Å². The number of nitrogens with one attached hydrogen (secondary N) is 1. The van der Waals surface area contributed by atoms with Crippen molar-refractivity contribution in [2.45, 2.75) is 19.5 Å². The summed E-state index contributed by atoms with van der Waals surface area (Å²) in [4.78, 5) is 12.3. The van der Waals surface area contributed by atoms with Crippen LogP contribution in [0.5, 0.6) is 5.75 Å². The number of methoxy groups -OCH3 is 1. The molecule has 2 aromatic carbocycles. The molecule has 1 unspecified atom stereocenters. The van der Waals surface area contributed by atoms with Crippen LogP contribution in [0.25, 0.3) is 10.9 Å². The number of hydrogen-bond acceptors (Lipinski definition) is 2. The number of carbonyl (C=O) groups is 1. The molecule has 23 heavy (non-hydrogen) atoms. The number of ether oxygens (including phenoxy) is 1. The van der Waals surface area contributed by atoms with Crippen LogP contribution in [0, 0.1) is 0 Å². The van der Waals surface area contributed by atoms with Gasteiger partial charge < -0.3 is 14.6 Å². The van der Waals surface area contributed by atoms with Gasteiger partial charge in [0.25, 0.3) is 0 Å². The molecule has 1 amide bonds. The van der Waals surface area contributed by atoms with Gasteiger partial charge in [0.1, 0.15) is 12.3 Å². The lowest BCUT2D eigenvalue weighted by Crippen LogP contribution is -2.29. The molecular formula is C19H20N2O2. The summed E-state index contributed by atoms with van der Waals surface area (Å²) in [5, 5.41) is 4.10. The predicted molar refractivity (Wildman–Crippen MR) is 91.5 cm³/mol. The summed E-state index contributed by atoms with van der Waals surface area (Å²) in [6, 6.07) is 17.8. The molecule has 0 aliphatic heterocycles. The lowest BCUT2D eigenvalue weighted by molar-refractivity contribution is -0.122. The lowest BCUT2D eigenvalue weighted by Gasteiger charge is -2.15. The van der Waals surface area contributed by atoms with E-state index in [1.54, 1.807) is 7.11 Å². The molecule has 0 bridgehead atoms. The van der Waals surface area contributed by atoms with Gasteiger partial charge in [-0.2, -0.15) is 0 Å². The number of rotatable bonds is 5. The van der Waals surface area contributed by atoms with Gasteiger partial charge in [-0.1, -0.05) is 30.3 Å². The molecule has 3 rings (SSSR count). The molecule has 0 saturated heterocycles. The number of aromatic nitrogens is 1. The summed E-state index contributed by atoms with van der Waals surface area (Å²) in [6.07, 6.45) is 1.93. The molecule has 4 nitrogen and oxygen atoms in total. The van der Waals surface area contributed by atoms with Crippen molar-refractivity contribution in [3.05, 3.63) is 66.4 Å². The number of nitrogens with zero attached hydrogens (tertiary/aromatic N) is 1. The maximum atomic E-state index is 12.3. The van der Waals surface area contributed by atoms with Crippen molar-refractivity contribution >= 4 is 16.8 Å². The van der Waals surface area contributed by atoms with Gasteiger partial charge in [0, 0.05) is 17.1 Å². The van der Waals surface area contributed by atoms with E-state index in [4.69, 9.17) is 4.74 Å². The van der Waals surface area contributed by atoms with E-state index >= 15 is 0 Å². The minimum Gasteiger partial charge on any atom is -0.497 e. The van der Waals surface area contributed by atoms with Crippen molar-refractivity contribution in [1.82, 2.24) is 9.88 Å². The quantitative estimate of drug-likeness (QED) is 0.783. The first-order valence-electron chi connectivity index (χ1n) is 7.64. The summed E-state index contributed by atoms with van der Waals surface area (Å²) in [6.45, 7) is 2.29. The van der Waals surface area contributed by atoms with Gasteiger partial charge >= 0.3 is 0 Å². The third-order valence-electron chi connectivity index (χ3n) is 3.97. The van der Waals surface area contributed by atoms with Gasteiger partial charge in [0.15, 0.2) is 0 Å². The van der Waals surface area contributed by atoms with Gasteiger partial charge in [0.2, 0.25) is 5.91 Å². The highest BCUT2D eigenvalue weighted by Gasteiger charge is 2.11. The summed E-state index contributed by atoms with van der Waals surface area (Å²) in [5.41, 5.74) is 2.12. The second-order valence-electron chi connectivity index (χ2n) is 5.57. The van der Waals surface area contributed by atoms with E-state index in [1.807, 2.05) is 72.3 Å². The fraction of sp³-hybridized carbons (Fsp3) is 0.211. The molecule has 0 spiro atoms. The Labute approximate surface area is 135 Å². The smallest absolute Gasteiger partial charge is 0.240 e. The Morgan fingerprint density at radius 2 is 1.96 bits per heavy atom. The zero-order chi connectivity index (χ0) is 16.2. The number of carbonyl (C=O) groups excluding carboxylic acids is 1. The fourth-order valence-electron chi connectivity index (χ4n) is 2.71. The molecule has 0 aliphatic rings. The largest absolute Gasteiger partial charge is 0.497 e. The Hall–Kier alpha value is -2.75. The highest BCUT2D eigenvalue weighted by molar-refractivity contribution is 5.84. The van der Waals surface area contributed by atoms with Gasteiger partial charge in [-0.3, -0.25) is 4.79 Å². The van der Waals surface area contributed by atoms with Crippen molar-refractivity contribution in [3.8, 4) is 5.75 Å². The van der Waals surface area contributed by atoms with E-state index in [1.165, 1.54) is 0 Å². The molecule has 3 aromatic rings. The van der Waals surface area contributed by atoms with Crippen molar-refractivity contribution in [2.75, 3.05) is 7.11 Å². The van der Waals surface area contributed by atoms with E-state index in [2.05, 4.69) is 5.32 Å². The standard InChI is InChI=1S/C19H20N2O2/c1-14(15-6-4-3-5-7-15)20-19(22)13-21-11-10-16-12-17(23-2)8-9-18(16)21/h3-12,14H,13H2,1-2H3,(H,20,22). The van der Waals surface area contributed by atoms with Crippen LogP contribution in [0.15, 0.2) is 60.8 Å². The predicted octanol–water partition coefficient (Wildman–Crippen LogP) is 3.53. The van der Waals surface area contributed by atoms with Crippen LogP contribution < -0.4 is 10.1 Å². The topological polar surface area (TPSA) is 43.3 Å². The Bertz CT molecular complexity index is 809. The average molecular weight is 308 g/mol. The number of amides is 1. The molecule has 0 saturated carbocycles. The Morgan fingerprint density at radius 1 is 1.17 bits per heavy atom. The first-order chi connectivity index (χ1) is 11.2. The molecule has 4 heteroatoms. The molecule has 0 radical (unpaired) electrons. The van der Waals surface area contributed by atoms with Crippen molar-refractivity contribution in [3.63, 3.8) is 0 Å². The molecule has 0 fully saturated rings. The van der Waals surface area contributed by atoms with E-state index < -0.39 is 0 Å². The molecule has 1 atom stereocenters. The van der Waals surface area contributed by atoms with Crippen LogP contribution in [-0.2, 0) is 11.3 Å². The normalized spacial score (nSPS) is 12.1. The third-order valence-corrected chi connectivity index (χ3v) is 3.97. The highest BCUT2D eigenvalue weighted by atomic mass is 16.5. The highest BCUT2D eigenvalue weighted by Crippen LogP contribution is 2.21. The molecule has 118 valence electrons. The molecular weight excluding hydrogens is 288 g/mol. The van der Waals surface area contributed by atoms with Gasteiger partial charge in [-0.25, -0.2) is 0 Å². The number of fused-ring (bicyclic) bond motifs is 1. The SMILES string of the molecule is COc1ccc2c(ccn2CC(=O)NC(C)c2ccccc2)c1. The van der Waals surface area contributed by atoms with Crippen LogP contribution >= 0.6 is 0 Å². The van der Waals surface area contributed by atoms with E-state index in [0.29, 0.717) is 6.54 Å². The molecule has 1 aromatic heterocycles. The van der Waals surface area contributed by atoms with Crippen LogP contribution in [0.3, 0.4) is 0 Å². The zero-order valence-corrected chi connectivity index (χ0v) is 13.3. The number of benzene rings is 2. The second kappa shape index (κ2) is 6.57. The van der Waals surface area contributed by atoms with Gasteiger partial charge in [-0.05, 0) is 36.8 Å². The van der Waals surface area contributed by atoms with Crippen LogP contribution in [0.1, 0.15) is 18.5 Å². The van der Waals surface area contributed by atoms with E-state index in [-0.39, 0.29) is 11.9 Å². The zero-order valence-electron chi connectivity index (χ0n) is 13.3. The number of hydrogen-bond donors (Lipinski definition) is 1. The average Bonchev–Trinajstić information content (AvgIpc) is 2.97. The Balaban J connectivity index is 1.71. The van der Waals surface area contributed by atoms with Crippen LogP contribution in [-0.4, -0.2) is 17.6 Å². The maximum Gasteiger partial charge on any atom is 0.240 e. The van der Waals surface area contributed by atoms with Crippen molar-refractivity contribution < 1.29 is 9.53 Å². The minimum atomic E-state index is -0.00868. The summed E-state index contributed by atoms with van der Waals surface area (Å²) in [7, 11) is 1.65. The third kappa shape index (κ3) is 3.37. The fourth-order valence-corrected chi connectivity index (χ4v) is 2.71. The molecule has 1 N–H and O–H groups in total. The van der Waals surface area contributed by atoms with Crippen LogP contribution in [0.2, 0.25) is 0 Å². The first-order valence-corrected chi connectivity index (χ1v) is 7.64. The Morgan fingerprint density at radius 3 is 2.70 bits per heavy atom. The van der Waals surface area contributed by atoms with E-state index in [0.717, 1.165) is 22.2 Å². The maximum absolute atomic E-state index is 12.3. The summed E-state index contributed by atoms with van der Waals surface area (Å²) in [5.74, 6) is 0.812. The molecule has 0 aliphatic carbocycles. The monoisotopic (exact) mass is 308 g/mol. The summed E-state index contributed by atoms with van der Waals surface area (Å²) < 4.78 is 7.17. The van der Waals surface area contributed by atoms with Crippen molar-refractivity contribution in [2.24, 2.45) is 0 Å². The van der Waals surface area contributed by atoms with Gasteiger partial charge in [-0.15, -0.1) is 0 Å². The van der Waals surface area contributed by atoms with Gasteiger partial charge in [0.05, 0.1) is 13.2 Å². The minimum absolute atomic E-state index is 0.00493. The van der Waals surface area contributed by atoms with Crippen molar-refractivity contribution in [1.29, 1.82) is 0 Å². The first kappa shape index (κ1) is 15.2. The lowest BCUT2D eigenvalue weighted by atomic mass is 10.1. The van der Waals surface area contributed by atoms with Crippen LogP contribution in [0.4, 0.5) is 0 Å². The summed E-state index contributed by atoms with van der Waals surface area (Å²) >= 11 is 0. The molecule has 1 heterocycles. The Kier molecular flexibility index (Phi) is 4.33.